The molecule has 142 valence electrons. The predicted molar refractivity (Wildman–Crippen MR) is 105 cm³/mol. The van der Waals surface area contributed by atoms with Gasteiger partial charge in [-0.05, 0) is 48.2 Å². The van der Waals surface area contributed by atoms with E-state index in [1.54, 1.807) is 30.3 Å². The van der Waals surface area contributed by atoms with Gasteiger partial charge in [0, 0.05) is 16.6 Å². The topological polar surface area (TPSA) is 81.7 Å². The molecule has 0 saturated heterocycles. The highest BCUT2D eigenvalue weighted by atomic mass is 32.1. The van der Waals surface area contributed by atoms with Gasteiger partial charge in [-0.3, -0.25) is 4.79 Å². The molecule has 1 aromatic carbocycles. The van der Waals surface area contributed by atoms with Crippen molar-refractivity contribution in [3.8, 4) is 0 Å². The van der Waals surface area contributed by atoms with E-state index in [1.807, 2.05) is 24.4 Å². The molecule has 1 N–H and O–H groups in total. The first-order valence-corrected chi connectivity index (χ1v) is 9.42. The van der Waals surface area contributed by atoms with E-state index in [4.69, 9.17) is 9.47 Å². The molecule has 6 nitrogen and oxygen atoms in total. The molecule has 1 heterocycles. The summed E-state index contributed by atoms with van der Waals surface area (Å²) in [6.45, 7) is 2.01. The summed E-state index contributed by atoms with van der Waals surface area (Å²) in [6.07, 6.45) is 4.68. The molecular formula is C20H21NO5S. The SMILES string of the molecule is CCCCOC(=O)c1ccc(NC(=O)COC(=O)/C=C/c2cccs2)cc1. The monoisotopic (exact) mass is 387 g/mol. The van der Waals surface area contributed by atoms with Crippen LogP contribution in [0.4, 0.5) is 5.69 Å². The number of hydrogen-bond acceptors (Lipinski definition) is 6. The van der Waals surface area contributed by atoms with Crippen molar-refractivity contribution in [3.05, 3.63) is 58.3 Å². The van der Waals surface area contributed by atoms with Crippen LogP contribution in [0.3, 0.4) is 0 Å². The largest absolute Gasteiger partial charge is 0.462 e. The maximum Gasteiger partial charge on any atom is 0.338 e. The number of ether oxygens (including phenoxy) is 2. The fraction of sp³-hybridized carbons (Fsp3) is 0.250. The number of anilines is 1. The Morgan fingerprint density at radius 1 is 1.11 bits per heavy atom. The minimum atomic E-state index is -0.594. The van der Waals surface area contributed by atoms with Crippen LogP contribution < -0.4 is 5.32 Å². The Hall–Kier alpha value is -2.93. The van der Waals surface area contributed by atoms with Gasteiger partial charge in [0.25, 0.3) is 5.91 Å². The minimum Gasteiger partial charge on any atom is -0.462 e. The molecule has 0 radical (unpaired) electrons. The van der Waals surface area contributed by atoms with Crippen LogP contribution in [0.1, 0.15) is 35.0 Å². The first-order valence-electron chi connectivity index (χ1n) is 8.54. The van der Waals surface area contributed by atoms with Crippen molar-refractivity contribution in [3.63, 3.8) is 0 Å². The number of benzene rings is 1. The number of esters is 2. The van der Waals surface area contributed by atoms with Crippen LogP contribution in [0.5, 0.6) is 0 Å². The molecule has 2 aromatic rings. The Balaban J connectivity index is 1.75. The van der Waals surface area contributed by atoms with Crippen molar-refractivity contribution in [2.24, 2.45) is 0 Å². The zero-order chi connectivity index (χ0) is 19.5. The molecule has 7 heteroatoms. The molecule has 1 aromatic heterocycles. The van der Waals surface area contributed by atoms with Gasteiger partial charge in [0.1, 0.15) is 0 Å². The lowest BCUT2D eigenvalue weighted by molar-refractivity contribution is -0.142. The molecule has 0 spiro atoms. The van der Waals surface area contributed by atoms with Crippen LogP contribution in [0, 0.1) is 0 Å². The Labute approximate surface area is 161 Å². The van der Waals surface area contributed by atoms with Crippen LogP contribution in [-0.4, -0.2) is 31.1 Å². The summed E-state index contributed by atoms with van der Waals surface area (Å²) in [7, 11) is 0. The highest BCUT2D eigenvalue weighted by molar-refractivity contribution is 7.10. The van der Waals surface area contributed by atoms with E-state index < -0.39 is 24.5 Å². The molecule has 2 rings (SSSR count). The summed E-state index contributed by atoms with van der Waals surface area (Å²) in [5, 5.41) is 4.49. The smallest absolute Gasteiger partial charge is 0.338 e. The van der Waals surface area contributed by atoms with Gasteiger partial charge in [-0.15, -0.1) is 11.3 Å². The molecule has 0 aliphatic heterocycles. The number of hydrogen-bond donors (Lipinski definition) is 1. The third kappa shape index (κ3) is 7.45. The van der Waals surface area contributed by atoms with Gasteiger partial charge in [0.05, 0.1) is 12.2 Å². The Kier molecular flexibility index (Phi) is 8.25. The predicted octanol–water partition coefficient (Wildman–Crippen LogP) is 3.90. The second-order valence-electron chi connectivity index (χ2n) is 5.57. The Morgan fingerprint density at radius 2 is 1.89 bits per heavy atom. The number of amides is 1. The van der Waals surface area contributed by atoms with Crippen molar-refractivity contribution < 1.29 is 23.9 Å². The first-order chi connectivity index (χ1) is 13.1. The van der Waals surface area contributed by atoms with E-state index >= 15 is 0 Å². The second kappa shape index (κ2) is 10.9. The normalized spacial score (nSPS) is 10.6. The number of nitrogens with one attached hydrogen (secondary N) is 1. The van der Waals surface area contributed by atoms with E-state index in [2.05, 4.69) is 5.32 Å². The van der Waals surface area contributed by atoms with Crippen molar-refractivity contribution in [2.75, 3.05) is 18.5 Å². The molecule has 0 unspecified atom stereocenters. The molecule has 1 amide bonds. The molecule has 0 saturated carbocycles. The molecule has 0 bridgehead atoms. The third-order valence-electron chi connectivity index (χ3n) is 3.41. The van der Waals surface area contributed by atoms with Gasteiger partial charge < -0.3 is 14.8 Å². The van der Waals surface area contributed by atoms with E-state index in [-0.39, 0.29) is 0 Å². The van der Waals surface area contributed by atoms with Gasteiger partial charge >= 0.3 is 11.9 Å². The maximum absolute atomic E-state index is 11.8. The average molecular weight is 387 g/mol. The van der Waals surface area contributed by atoms with Crippen LogP contribution >= 0.6 is 11.3 Å². The van der Waals surface area contributed by atoms with Crippen molar-refractivity contribution >= 4 is 40.9 Å². The highest BCUT2D eigenvalue weighted by Crippen LogP contribution is 2.12. The summed E-state index contributed by atoms with van der Waals surface area (Å²) in [5.74, 6) is -1.46. The van der Waals surface area contributed by atoms with E-state index in [1.165, 1.54) is 17.4 Å². The number of unbranched alkanes of at least 4 members (excludes halogenated alkanes) is 1. The number of thiophene rings is 1. The van der Waals surface area contributed by atoms with Gasteiger partial charge in [0.15, 0.2) is 6.61 Å². The zero-order valence-electron chi connectivity index (χ0n) is 15.0. The molecule has 0 fully saturated rings. The van der Waals surface area contributed by atoms with Crippen LogP contribution in [-0.2, 0) is 19.1 Å². The highest BCUT2D eigenvalue weighted by Gasteiger charge is 2.09. The molecule has 0 atom stereocenters. The fourth-order valence-corrected chi connectivity index (χ4v) is 2.62. The summed E-state index contributed by atoms with van der Waals surface area (Å²) in [4.78, 5) is 36.2. The second-order valence-corrected chi connectivity index (χ2v) is 6.55. The van der Waals surface area contributed by atoms with Crippen LogP contribution in [0.15, 0.2) is 47.9 Å². The number of rotatable bonds is 9. The minimum absolute atomic E-state index is 0.389. The summed E-state index contributed by atoms with van der Waals surface area (Å²) >= 11 is 1.49. The third-order valence-corrected chi connectivity index (χ3v) is 4.25. The quantitative estimate of drug-likeness (QED) is 0.401. The number of carbonyl (C=O) groups excluding carboxylic acids is 3. The van der Waals surface area contributed by atoms with E-state index in [9.17, 15) is 14.4 Å². The Bertz CT molecular complexity index is 781. The lowest BCUT2D eigenvalue weighted by Crippen LogP contribution is -2.20. The summed E-state index contributed by atoms with van der Waals surface area (Å²) in [5.41, 5.74) is 0.907. The lowest BCUT2D eigenvalue weighted by atomic mass is 10.2. The van der Waals surface area contributed by atoms with Crippen LogP contribution in [0.2, 0.25) is 0 Å². The van der Waals surface area contributed by atoms with Gasteiger partial charge in [-0.2, -0.15) is 0 Å². The summed E-state index contributed by atoms with van der Waals surface area (Å²) < 4.78 is 10.00. The molecule has 0 aliphatic carbocycles. The van der Waals surface area contributed by atoms with Gasteiger partial charge in [-0.25, -0.2) is 9.59 Å². The lowest BCUT2D eigenvalue weighted by Gasteiger charge is -2.07. The van der Waals surface area contributed by atoms with E-state index in [0.29, 0.717) is 17.9 Å². The van der Waals surface area contributed by atoms with Gasteiger partial charge in [0.2, 0.25) is 0 Å². The van der Waals surface area contributed by atoms with E-state index in [0.717, 1.165) is 17.7 Å². The first kappa shape index (κ1) is 20.4. The number of carbonyl (C=O) groups is 3. The van der Waals surface area contributed by atoms with Crippen molar-refractivity contribution in [1.82, 2.24) is 0 Å². The zero-order valence-corrected chi connectivity index (χ0v) is 15.8. The fourth-order valence-electron chi connectivity index (χ4n) is 2.00. The maximum atomic E-state index is 11.8. The molecule has 27 heavy (non-hydrogen) atoms. The van der Waals surface area contributed by atoms with Crippen molar-refractivity contribution in [1.29, 1.82) is 0 Å². The Morgan fingerprint density at radius 3 is 2.56 bits per heavy atom. The van der Waals surface area contributed by atoms with Crippen LogP contribution in [0.25, 0.3) is 6.08 Å². The molecule has 0 aliphatic rings. The van der Waals surface area contributed by atoms with Gasteiger partial charge in [-0.1, -0.05) is 19.4 Å². The van der Waals surface area contributed by atoms with Crippen molar-refractivity contribution in [2.45, 2.75) is 19.8 Å². The molecular weight excluding hydrogens is 366 g/mol. The average Bonchev–Trinajstić information content (AvgIpc) is 3.19. The summed E-state index contributed by atoms with van der Waals surface area (Å²) in [6, 6.07) is 10.1. The standard InChI is InChI=1S/C20H21NO5S/c1-2-3-12-25-20(24)15-6-8-16(9-7-15)21-18(22)14-26-19(23)11-10-17-5-4-13-27-17/h4-11,13H,2-3,12,14H2,1H3,(H,21,22)/b11-10+.